The third-order valence-corrected chi connectivity index (χ3v) is 6.92. The van der Waals surface area contributed by atoms with Crippen LogP contribution in [0.2, 0.25) is 0 Å². The molecule has 0 bridgehead atoms. The number of piperidine rings is 1. The van der Waals surface area contributed by atoms with Gasteiger partial charge in [0.05, 0.1) is 30.4 Å². The van der Waals surface area contributed by atoms with Crippen LogP contribution < -0.4 is 14.8 Å². The zero-order chi connectivity index (χ0) is 21.8. The number of methoxy groups -OCH3 is 2. The molecule has 1 atom stereocenters. The molecule has 7 nitrogen and oxygen atoms in total. The Kier molecular flexibility index (Phi) is 6.77. The smallest absolute Gasteiger partial charge is 0.183 e. The van der Waals surface area contributed by atoms with Gasteiger partial charge in [0.1, 0.15) is 17.2 Å². The third kappa shape index (κ3) is 5.02. The molecule has 166 valence electrons. The molecule has 1 fully saturated rings. The Morgan fingerprint density at radius 1 is 1.19 bits per heavy atom. The van der Waals surface area contributed by atoms with Crippen LogP contribution in [0.3, 0.4) is 0 Å². The van der Waals surface area contributed by atoms with Crippen LogP contribution in [0.4, 0.5) is 5.13 Å². The van der Waals surface area contributed by atoms with Crippen molar-refractivity contribution in [2.45, 2.75) is 32.9 Å². The van der Waals surface area contributed by atoms with Gasteiger partial charge in [-0.15, -0.1) is 0 Å². The van der Waals surface area contributed by atoms with Crippen molar-refractivity contribution >= 4 is 16.5 Å². The van der Waals surface area contributed by atoms with E-state index in [1.54, 1.807) is 25.6 Å². The fourth-order valence-corrected chi connectivity index (χ4v) is 5.17. The second-order valence-electron chi connectivity index (χ2n) is 8.12. The normalized spacial score (nSPS) is 17.0. The van der Waals surface area contributed by atoms with E-state index < -0.39 is 0 Å². The van der Waals surface area contributed by atoms with Crippen molar-refractivity contribution in [3.8, 4) is 22.1 Å². The molecule has 0 aliphatic carbocycles. The van der Waals surface area contributed by atoms with Crippen molar-refractivity contribution in [1.82, 2.24) is 19.7 Å². The largest absolute Gasteiger partial charge is 0.496 e. The summed E-state index contributed by atoms with van der Waals surface area (Å²) in [6.07, 6.45) is 4.64. The quantitative estimate of drug-likeness (QED) is 0.563. The maximum Gasteiger partial charge on any atom is 0.183 e. The number of likely N-dealkylation sites (tertiary alicyclic amines) is 1. The third-order valence-electron chi connectivity index (χ3n) is 5.78. The molecular weight excluding hydrogens is 410 g/mol. The highest BCUT2D eigenvalue weighted by Crippen LogP contribution is 2.34. The Labute approximate surface area is 188 Å². The SMILES string of the molecule is COc1cccc(OC)c1CNc1nc(C)c(-c2ccn(CC3CCCN(C)C3)n2)s1. The van der Waals surface area contributed by atoms with E-state index in [2.05, 4.69) is 34.2 Å². The number of anilines is 1. The van der Waals surface area contributed by atoms with Crippen LogP contribution in [0, 0.1) is 12.8 Å². The number of aryl methyl sites for hydroxylation is 1. The lowest BCUT2D eigenvalue weighted by Crippen LogP contribution is -2.34. The molecule has 31 heavy (non-hydrogen) atoms. The van der Waals surface area contributed by atoms with Crippen molar-refractivity contribution in [1.29, 1.82) is 0 Å². The number of rotatable bonds is 8. The van der Waals surface area contributed by atoms with Crippen LogP contribution in [-0.4, -0.2) is 54.0 Å². The van der Waals surface area contributed by atoms with Gasteiger partial charge in [0.25, 0.3) is 0 Å². The molecule has 1 N–H and O–H groups in total. The number of ether oxygens (including phenoxy) is 2. The minimum atomic E-state index is 0.573. The number of nitrogens with zero attached hydrogens (tertiary/aromatic N) is 4. The second kappa shape index (κ2) is 9.70. The van der Waals surface area contributed by atoms with Gasteiger partial charge in [-0.05, 0) is 57.5 Å². The zero-order valence-electron chi connectivity index (χ0n) is 18.7. The summed E-state index contributed by atoms with van der Waals surface area (Å²) in [4.78, 5) is 8.24. The fraction of sp³-hybridized carbons (Fsp3) is 0.478. The van der Waals surface area contributed by atoms with Gasteiger partial charge in [-0.25, -0.2) is 4.98 Å². The lowest BCUT2D eigenvalue weighted by atomic mass is 9.99. The first-order valence-corrected chi connectivity index (χ1v) is 11.5. The van der Waals surface area contributed by atoms with E-state index in [0.717, 1.165) is 51.5 Å². The van der Waals surface area contributed by atoms with Gasteiger partial charge in [0.2, 0.25) is 0 Å². The lowest BCUT2D eigenvalue weighted by Gasteiger charge is -2.29. The van der Waals surface area contributed by atoms with Gasteiger partial charge >= 0.3 is 0 Å². The number of benzene rings is 1. The van der Waals surface area contributed by atoms with Crippen LogP contribution in [0.25, 0.3) is 10.6 Å². The van der Waals surface area contributed by atoms with Gasteiger partial charge in [0.15, 0.2) is 5.13 Å². The molecule has 4 rings (SSSR count). The maximum atomic E-state index is 5.49. The minimum Gasteiger partial charge on any atom is -0.496 e. The number of nitrogens with one attached hydrogen (secondary N) is 1. The van der Waals surface area contributed by atoms with E-state index >= 15 is 0 Å². The predicted octanol–water partition coefficient (Wildman–Crippen LogP) is 4.29. The van der Waals surface area contributed by atoms with Gasteiger partial charge in [-0.2, -0.15) is 5.10 Å². The second-order valence-corrected chi connectivity index (χ2v) is 9.12. The summed E-state index contributed by atoms with van der Waals surface area (Å²) in [5.74, 6) is 2.27. The summed E-state index contributed by atoms with van der Waals surface area (Å²) in [6.45, 7) is 5.94. The highest BCUT2D eigenvalue weighted by molar-refractivity contribution is 7.19. The van der Waals surface area contributed by atoms with Crippen LogP contribution in [-0.2, 0) is 13.1 Å². The highest BCUT2D eigenvalue weighted by atomic mass is 32.1. The van der Waals surface area contributed by atoms with Crippen molar-refractivity contribution in [2.24, 2.45) is 5.92 Å². The van der Waals surface area contributed by atoms with Crippen molar-refractivity contribution < 1.29 is 9.47 Å². The number of aromatic nitrogens is 3. The molecule has 0 radical (unpaired) electrons. The monoisotopic (exact) mass is 441 g/mol. The number of hydrogen-bond acceptors (Lipinski definition) is 7. The standard InChI is InChI=1S/C23H31N5O2S/c1-16-22(19-10-12-28(26-19)15-17-7-6-11-27(2)14-17)31-23(25-16)24-13-18-20(29-3)8-5-9-21(18)30-4/h5,8-10,12,17H,6-7,11,13-15H2,1-4H3,(H,24,25). The van der Waals surface area contributed by atoms with E-state index in [4.69, 9.17) is 19.6 Å². The topological polar surface area (TPSA) is 64.4 Å². The van der Waals surface area contributed by atoms with Gasteiger partial charge in [0, 0.05) is 25.8 Å². The molecule has 1 saturated heterocycles. The Balaban J connectivity index is 1.45. The summed E-state index contributed by atoms with van der Waals surface area (Å²) < 4.78 is 13.1. The Hall–Kier alpha value is -2.58. The molecule has 2 aromatic heterocycles. The van der Waals surface area contributed by atoms with Crippen LogP contribution >= 0.6 is 11.3 Å². The van der Waals surface area contributed by atoms with Crippen molar-refractivity contribution in [3.63, 3.8) is 0 Å². The fourth-order valence-electron chi connectivity index (χ4n) is 4.25. The summed E-state index contributed by atoms with van der Waals surface area (Å²) in [6, 6.07) is 7.90. The molecule has 1 aliphatic heterocycles. The van der Waals surface area contributed by atoms with Gasteiger partial charge in [-0.3, -0.25) is 4.68 Å². The molecule has 1 aliphatic rings. The van der Waals surface area contributed by atoms with E-state index in [0.29, 0.717) is 12.5 Å². The van der Waals surface area contributed by atoms with Crippen molar-refractivity contribution in [2.75, 3.05) is 39.7 Å². The molecule has 0 saturated carbocycles. The van der Waals surface area contributed by atoms with E-state index in [1.807, 2.05) is 25.1 Å². The van der Waals surface area contributed by atoms with E-state index in [1.165, 1.54) is 19.4 Å². The summed E-state index contributed by atoms with van der Waals surface area (Å²) in [5.41, 5.74) is 2.95. The van der Waals surface area contributed by atoms with Crippen LogP contribution in [0.1, 0.15) is 24.1 Å². The first kappa shape index (κ1) is 21.6. The Morgan fingerprint density at radius 2 is 1.97 bits per heavy atom. The number of hydrogen-bond donors (Lipinski definition) is 1. The summed E-state index contributed by atoms with van der Waals surface area (Å²) >= 11 is 1.63. The van der Waals surface area contributed by atoms with E-state index in [9.17, 15) is 0 Å². The van der Waals surface area contributed by atoms with Crippen LogP contribution in [0.5, 0.6) is 11.5 Å². The molecule has 0 amide bonds. The predicted molar refractivity (Wildman–Crippen MR) is 125 cm³/mol. The van der Waals surface area contributed by atoms with Crippen LogP contribution in [0.15, 0.2) is 30.5 Å². The summed E-state index contributed by atoms with van der Waals surface area (Å²) in [5, 5.41) is 9.14. The zero-order valence-corrected chi connectivity index (χ0v) is 19.5. The summed E-state index contributed by atoms with van der Waals surface area (Å²) in [7, 11) is 5.55. The van der Waals surface area contributed by atoms with Gasteiger partial charge < -0.3 is 19.7 Å². The molecule has 1 aromatic carbocycles. The average molecular weight is 442 g/mol. The molecule has 3 heterocycles. The minimum absolute atomic E-state index is 0.573. The highest BCUT2D eigenvalue weighted by Gasteiger charge is 2.19. The van der Waals surface area contributed by atoms with Crippen molar-refractivity contribution in [3.05, 3.63) is 41.7 Å². The average Bonchev–Trinajstić information content (AvgIpc) is 3.38. The molecule has 0 spiro atoms. The first-order valence-electron chi connectivity index (χ1n) is 10.7. The molecule has 1 unspecified atom stereocenters. The Morgan fingerprint density at radius 3 is 2.68 bits per heavy atom. The maximum absolute atomic E-state index is 5.49. The Bertz CT molecular complexity index is 993. The molecular formula is C23H31N5O2S. The molecule has 8 heteroatoms. The van der Waals surface area contributed by atoms with Gasteiger partial charge in [-0.1, -0.05) is 17.4 Å². The number of thiazole rings is 1. The molecule has 3 aromatic rings. The lowest BCUT2D eigenvalue weighted by molar-refractivity contribution is 0.191. The first-order chi connectivity index (χ1) is 15.1. The van der Waals surface area contributed by atoms with E-state index in [-0.39, 0.29) is 0 Å².